The molecule has 0 saturated carbocycles. The number of nitrogens with zero attached hydrogens (tertiary/aromatic N) is 1. The summed E-state index contributed by atoms with van der Waals surface area (Å²) in [7, 11) is 1.41. The zero-order valence-corrected chi connectivity index (χ0v) is 12.5. The molecule has 0 radical (unpaired) electrons. The van der Waals surface area contributed by atoms with Gasteiger partial charge in [0, 0.05) is 19.1 Å². The largest absolute Gasteiger partial charge is 0.467 e. The van der Waals surface area contributed by atoms with Crippen molar-refractivity contribution in [3.05, 3.63) is 22.4 Å². The smallest absolute Gasteiger partial charge is 0.336 e. The van der Waals surface area contributed by atoms with Crippen molar-refractivity contribution in [1.29, 1.82) is 0 Å². The van der Waals surface area contributed by atoms with Crippen LogP contribution < -0.4 is 0 Å². The monoisotopic (exact) mass is 283 g/mol. The van der Waals surface area contributed by atoms with Gasteiger partial charge in [-0.15, -0.1) is 0 Å². The minimum Gasteiger partial charge on any atom is -0.467 e. The van der Waals surface area contributed by atoms with Gasteiger partial charge in [0.15, 0.2) is 6.10 Å². The van der Waals surface area contributed by atoms with Crippen LogP contribution in [0, 0.1) is 0 Å². The Morgan fingerprint density at radius 1 is 1.63 bits per heavy atom. The molecule has 1 aromatic rings. The Labute approximate surface area is 118 Å². The topological polar surface area (TPSA) is 38.8 Å². The quantitative estimate of drug-likeness (QED) is 0.792. The van der Waals surface area contributed by atoms with E-state index in [0.29, 0.717) is 12.6 Å². The van der Waals surface area contributed by atoms with Crippen LogP contribution in [0.25, 0.3) is 0 Å². The van der Waals surface area contributed by atoms with Crippen molar-refractivity contribution in [2.24, 2.45) is 0 Å². The van der Waals surface area contributed by atoms with Crippen LogP contribution >= 0.6 is 11.3 Å². The van der Waals surface area contributed by atoms with Crippen molar-refractivity contribution in [1.82, 2.24) is 4.90 Å². The Morgan fingerprint density at radius 3 is 3.05 bits per heavy atom. The molecule has 1 aliphatic heterocycles. The van der Waals surface area contributed by atoms with Gasteiger partial charge in [0.05, 0.1) is 13.2 Å². The van der Waals surface area contributed by atoms with Crippen LogP contribution in [0.4, 0.5) is 0 Å². The average Bonchev–Trinajstić information content (AvgIpc) is 2.89. The fourth-order valence-corrected chi connectivity index (χ4v) is 3.17. The summed E-state index contributed by atoms with van der Waals surface area (Å²) in [6.45, 7) is 5.67. The molecule has 1 aromatic heterocycles. The lowest BCUT2D eigenvalue weighted by molar-refractivity contribution is -0.167. The predicted octanol–water partition coefficient (Wildman–Crippen LogP) is 1.94. The predicted molar refractivity (Wildman–Crippen MR) is 75.4 cm³/mol. The van der Waals surface area contributed by atoms with E-state index < -0.39 is 6.10 Å². The number of esters is 1. The standard InChI is InChI=1S/C14H21NO3S/c1-10(6-12-4-5-19-9-12)15-7-11(2)18-13(8-15)14(16)17-3/h4-5,9-11,13H,6-8H2,1-3H3/t10?,11-,13?/m1/s1. The van der Waals surface area contributed by atoms with E-state index in [-0.39, 0.29) is 12.1 Å². The second-order valence-electron chi connectivity index (χ2n) is 5.10. The number of carbonyl (C=O) groups excluding carboxylic acids is 1. The minimum absolute atomic E-state index is 0.0581. The Bertz CT molecular complexity index is 407. The molecule has 0 amide bonds. The Hall–Kier alpha value is -0.910. The van der Waals surface area contributed by atoms with Crippen molar-refractivity contribution in [3.8, 4) is 0 Å². The van der Waals surface area contributed by atoms with E-state index in [4.69, 9.17) is 9.47 Å². The van der Waals surface area contributed by atoms with Gasteiger partial charge in [-0.3, -0.25) is 4.90 Å². The summed E-state index contributed by atoms with van der Waals surface area (Å²) >= 11 is 1.72. The van der Waals surface area contributed by atoms with Gasteiger partial charge in [0.25, 0.3) is 0 Å². The first-order valence-electron chi connectivity index (χ1n) is 6.58. The molecule has 1 saturated heterocycles. The molecular formula is C14H21NO3S. The molecule has 2 unspecified atom stereocenters. The third-order valence-corrected chi connectivity index (χ3v) is 4.22. The summed E-state index contributed by atoms with van der Waals surface area (Å²) in [5, 5.41) is 4.28. The van der Waals surface area contributed by atoms with Crippen LogP contribution in [0.15, 0.2) is 16.8 Å². The number of carbonyl (C=O) groups is 1. The van der Waals surface area contributed by atoms with Crippen LogP contribution in [0.1, 0.15) is 19.4 Å². The number of rotatable bonds is 4. The summed E-state index contributed by atoms with van der Waals surface area (Å²) in [6, 6.07) is 2.55. The molecule has 106 valence electrons. The molecule has 19 heavy (non-hydrogen) atoms. The third-order valence-electron chi connectivity index (χ3n) is 3.49. The maximum Gasteiger partial charge on any atom is 0.336 e. The molecule has 4 nitrogen and oxygen atoms in total. The normalized spacial score (nSPS) is 26.1. The Kier molecular flexibility index (Phi) is 4.96. The zero-order chi connectivity index (χ0) is 13.8. The van der Waals surface area contributed by atoms with Gasteiger partial charge < -0.3 is 9.47 Å². The third kappa shape index (κ3) is 3.78. The summed E-state index contributed by atoms with van der Waals surface area (Å²) in [5.41, 5.74) is 1.35. The van der Waals surface area contributed by atoms with Gasteiger partial charge in [-0.1, -0.05) is 0 Å². The van der Waals surface area contributed by atoms with Crippen LogP contribution in [0.3, 0.4) is 0 Å². The summed E-state index contributed by atoms with van der Waals surface area (Å²) in [6.07, 6.45) is 0.603. The SMILES string of the molecule is COC(=O)C1CN(C(C)Cc2ccsc2)C[C@@H](C)O1. The molecule has 0 aliphatic carbocycles. The van der Waals surface area contributed by atoms with E-state index in [1.807, 2.05) is 6.92 Å². The molecule has 1 aliphatic rings. The van der Waals surface area contributed by atoms with E-state index >= 15 is 0 Å². The maximum atomic E-state index is 11.6. The fourth-order valence-electron chi connectivity index (χ4n) is 2.48. The molecule has 0 spiro atoms. The first kappa shape index (κ1) is 14.5. The lowest BCUT2D eigenvalue weighted by Gasteiger charge is -2.38. The van der Waals surface area contributed by atoms with E-state index in [2.05, 4.69) is 28.7 Å². The number of ether oxygens (including phenoxy) is 2. The highest BCUT2D eigenvalue weighted by Gasteiger charge is 2.33. The molecule has 1 fully saturated rings. The van der Waals surface area contributed by atoms with Gasteiger partial charge in [-0.25, -0.2) is 4.79 Å². The lowest BCUT2D eigenvalue weighted by Crippen LogP contribution is -2.53. The molecule has 3 atom stereocenters. The fraction of sp³-hybridized carbons (Fsp3) is 0.643. The summed E-state index contributed by atoms with van der Waals surface area (Å²) in [5.74, 6) is -0.278. The van der Waals surface area contributed by atoms with Crippen LogP contribution in [-0.4, -0.2) is 49.3 Å². The zero-order valence-electron chi connectivity index (χ0n) is 11.7. The highest BCUT2D eigenvalue weighted by molar-refractivity contribution is 7.07. The minimum atomic E-state index is -0.460. The van der Waals surface area contributed by atoms with E-state index in [0.717, 1.165) is 13.0 Å². The van der Waals surface area contributed by atoms with Gasteiger partial charge >= 0.3 is 5.97 Å². The van der Waals surface area contributed by atoms with E-state index in [9.17, 15) is 4.79 Å². The molecule has 2 rings (SSSR count). The Balaban J connectivity index is 1.96. The van der Waals surface area contributed by atoms with Crippen LogP contribution in [0.2, 0.25) is 0 Å². The van der Waals surface area contributed by atoms with Gasteiger partial charge in [-0.2, -0.15) is 11.3 Å². The molecule has 0 N–H and O–H groups in total. The Morgan fingerprint density at radius 2 is 2.42 bits per heavy atom. The summed E-state index contributed by atoms with van der Waals surface area (Å²) < 4.78 is 10.4. The van der Waals surface area contributed by atoms with Gasteiger partial charge in [0.1, 0.15) is 0 Å². The number of morpholine rings is 1. The van der Waals surface area contributed by atoms with Crippen molar-refractivity contribution < 1.29 is 14.3 Å². The average molecular weight is 283 g/mol. The number of hydrogen-bond donors (Lipinski definition) is 0. The maximum absolute atomic E-state index is 11.6. The van der Waals surface area contributed by atoms with Gasteiger partial charge in [0.2, 0.25) is 0 Å². The van der Waals surface area contributed by atoms with Gasteiger partial charge in [-0.05, 0) is 42.7 Å². The molecule has 2 heterocycles. The number of hydrogen-bond acceptors (Lipinski definition) is 5. The van der Waals surface area contributed by atoms with Crippen LogP contribution in [-0.2, 0) is 20.7 Å². The molecular weight excluding hydrogens is 262 g/mol. The highest BCUT2D eigenvalue weighted by atomic mass is 32.1. The van der Waals surface area contributed by atoms with E-state index in [1.165, 1.54) is 12.7 Å². The second kappa shape index (κ2) is 6.50. The summed E-state index contributed by atoms with van der Waals surface area (Å²) in [4.78, 5) is 13.9. The van der Waals surface area contributed by atoms with Crippen molar-refractivity contribution in [3.63, 3.8) is 0 Å². The highest BCUT2D eigenvalue weighted by Crippen LogP contribution is 2.18. The first-order chi connectivity index (χ1) is 9.10. The van der Waals surface area contributed by atoms with Crippen molar-refractivity contribution >= 4 is 17.3 Å². The van der Waals surface area contributed by atoms with E-state index in [1.54, 1.807) is 11.3 Å². The van der Waals surface area contributed by atoms with Crippen molar-refractivity contribution in [2.75, 3.05) is 20.2 Å². The molecule has 0 aromatic carbocycles. The van der Waals surface area contributed by atoms with Crippen molar-refractivity contribution in [2.45, 2.75) is 38.5 Å². The van der Waals surface area contributed by atoms with Crippen LogP contribution in [0.5, 0.6) is 0 Å². The molecule has 5 heteroatoms. The number of methoxy groups -OCH3 is 1. The second-order valence-corrected chi connectivity index (χ2v) is 5.88. The number of thiophene rings is 1. The lowest BCUT2D eigenvalue weighted by atomic mass is 10.1. The molecule has 0 bridgehead atoms. The first-order valence-corrected chi connectivity index (χ1v) is 7.53.